The van der Waals surface area contributed by atoms with Crippen molar-refractivity contribution in [3.63, 3.8) is 0 Å². The molecule has 1 fully saturated rings. The standard InChI is InChI=1S/C6H13NO.ClH/c1-5-4-6(7)2-3-8-5;/h5-6H,2-4,7H2,1H3;1H/t5-,6+;/m0./s1. The minimum Gasteiger partial charge on any atom is -0.378 e. The molecule has 2 atom stereocenters. The normalized spacial score (nSPS) is 35.3. The van der Waals surface area contributed by atoms with Gasteiger partial charge in [-0.1, -0.05) is 0 Å². The maximum Gasteiger partial charge on any atom is 0.0561 e. The Kier molecular flexibility index (Phi) is 4.19. The van der Waals surface area contributed by atoms with Crippen molar-refractivity contribution in [2.24, 2.45) is 5.73 Å². The first kappa shape index (κ1) is 9.21. The van der Waals surface area contributed by atoms with E-state index in [1.807, 2.05) is 0 Å². The summed E-state index contributed by atoms with van der Waals surface area (Å²) in [6, 6.07) is 0.388. The zero-order valence-electron chi connectivity index (χ0n) is 5.67. The van der Waals surface area contributed by atoms with E-state index in [0.717, 1.165) is 19.4 Å². The lowest BCUT2D eigenvalue weighted by Crippen LogP contribution is -2.32. The van der Waals surface area contributed by atoms with Crippen LogP contribution >= 0.6 is 12.4 Å². The highest BCUT2D eigenvalue weighted by Crippen LogP contribution is 2.10. The summed E-state index contributed by atoms with van der Waals surface area (Å²) in [6.45, 7) is 2.92. The Morgan fingerprint density at radius 3 is 2.56 bits per heavy atom. The molecule has 3 heteroatoms. The average Bonchev–Trinajstić information content (AvgIpc) is 1.64. The predicted octanol–water partition coefficient (Wildman–Crippen LogP) is 0.934. The van der Waals surface area contributed by atoms with Crippen LogP contribution in [0, 0.1) is 0 Å². The van der Waals surface area contributed by atoms with Crippen molar-refractivity contribution >= 4 is 12.4 Å². The molecule has 0 bridgehead atoms. The third-order valence-corrected chi connectivity index (χ3v) is 1.53. The fourth-order valence-electron chi connectivity index (χ4n) is 1.03. The van der Waals surface area contributed by atoms with Gasteiger partial charge in [0, 0.05) is 12.6 Å². The summed E-state index contributed by atoms with van der Waals surface area (Å²) in [6.07, 6.45) is 2.45. The van der Waals surface area contributed by atoms with Gasteiger partial charge in [-0.25, -0.2) is 0 Å². The molecule has 2 nitrogen and oxygen atoms in total. The molecule has 2 N–H and O–H groups in total. The van der Waals surface area contributed by atoms with Crippen LogP contribution in [0.15, 0.2) is 0 Å². The summed E-state index contributed by atoms with van der Waals surface area (Å²) in [5.74, 6) is 0. The zero-order chi connectivity index (χ0) is 5.98. The third kappa shape index (κ3) is 3.04. The van der Waals surface area contributed by atoms with E-state index in [-0.39, 0.29) is 12.4 Å². The minimum absolute atomic E-state index is 0. The van der Waals surface area contributed by atoms with Crippen LogP contribution in [0.2, 0.25) is 0 Å². The first-order chi connectivity index (χ1) is 3.79. The van der Waals surface area contributed by atoms with Gasteiger partial charge in [0.15, 0.2) is 0 Å². The molecule has 1 aliphatic rings. The molecule has 1 saturated heterocycles. The lowest BCUT2D eigenvalue weighted by molar-refractivity contribution is 0.0200. The van der Waals surface area contributed by atoms with Crippen LogP contribution in [0.5, 0.6) is 0 Å². The highest BCUT2D eigenvalue weighted by atomic mass is 35.5. The second-order valence-corrected chi connectivity index (χ2v) is 2.47. The van der Waals surface area contributed by atoms with Gasteiger partial charge in [-0.2, -0.15) is 0 Å². The second kappa shape index (κ2) is 4.09. The molecule has 1 aliphatic heterocycles. The number of hydrogen-bond acceptors (Lipinski definition) is 2. The fourth-order valence-corrected chi connectivity index (χ4v) is 1.03. The van der Waals surface area contributed by atoms with Crippen molar-refractivity contribution in [3.8, 4) is 0 Å². The molecule has 0 aromatic rings. The van der Waals surface area contributed by atoms with Gasteiger partial charge in [0.25, 0.3) is 0 Å². The first-order valence-corrected chi connectivity index (χ1v) is 3.16. The Morgan fingerprint density at radius 2 is 2.22 bits per heavy atom. The van der Waals surface area contributed by atoms with Gasteiger partial charge in [0.1, 0.15) is 0 Å². The van der Waals surface area contributed by atoms with Crippen LogP contribution in [0.4, 0.5) is 0 Å². The number of nitrogens with two attached hydrogens (primary N) is 1. The molecule has 0 amide bonds. The van der Waals surface area contributed by atoms with E-state index in [1.54, 1.807) is 0 Å². The van der Waals surface area contributed by atoms with Crippen LogP contribution in [-0.4, -0.2) is 18.8 Å². The topological polar surface area (TPSA) is 35.2 Å². The van der Waals surface area contributed by atoms with E-state index in [1.165, 1.54) is 0 Å². The molecule has 1 heterocycles. The highest BCUT2D eigenvalue weighted by Gasteiger charge is 2.14. The summed E-state index contributed by atoms with van der Waals surface area (Å²) in [5, 5.41) is 0. The Hall–Kier alpha value is 0.210. The Labute approximate surface area is 62.2 Å². The van der Waals surface area contributed by atoms with E-state index in [0.29, 0.717) is 12.1 Å². The second-order valence-electron chi connectivity index (χ2n) is 2.47. The first-order valence-electron chi connectivity index (χ1n) is 3.16. The molecule has 1 rings (SSSR count). The molecular formula is C6H14ClNO. The van der Waals surface area contributed by atoms with Crippen molar-refractivity contribution in [2.75, 3.05) is 6.61 Å². The lowest BCUT2D eigenvalue weighted by Gasteiger charge is -2.23. The van der Waals surface area contributed by atoms with Crippen LogP contribution in [-0.2, 0) is 4.74 Å². The quantitative estimate of drug-likeness (QED) is 0.559. The molecule has 9 heavy (non-hydrogen) atoms. The molecule has 0 unspecified atom stereocenters. The average molecular weight is 152 g/mol. The van der Waals surface area contributed by atoms with Crippen molar-refractivity contribution < 1.29 is 4.74 Å². The SMILES string of the molecule is C[C@H]1C[C@H](N)CCO1.Cl. The molecule has 0 aromatic heterocycles. The van der Waals surface area contributed by atoms with Gasteiger partial charge in [-0.3, -0.25) is 0 Å². The van der Waals surface area contributed by atoms with Gasteiger partial charge < -0.3 is 10.5 Å². The smallest absolute Gasteiger partial charge is 0.0561 e. The van der Waals surface area contributed by atoms with E-state index in [9.17, 15) is 0 Å². The lowest BCUT2D eigenvalue weighted by atomic mass is 10.1. The van der Waals surface area contributed by atoms with Gasteiger partial charge >= 0.3 is 0 Å². The predicted molar refractivity (Wildman–Crippen MR) is 39.9 cm³/mol. The summed E-state index contributed by atoms with van der Waals surface area (Å²) < 4.78 is 5.27. The minimum atomic E-state index is 0. The molecule has 0 aliphatic carbocycles. The molecule has 0 aromatic carbocycles. The van der Waals surface area contributed by atoms with Crippen LogP contribution in [0.3, 0.4) is 0 Å². The van der Waals surface area contributed by atoms with Gasteiger partial charge in [-0.15, -0.1) is 12.4 Å². The summed E-state index contributed by atoms with van der Waals surface area (Å²) in [7, 11) is 0. The number of rotatable bonds is 0. The Bertz CT molecular complexity index is 71.5. The van der Waals surface area contributed by atoms with E-state index in [2.05, 4.69) is 6.92 Å². The third-order valence-electron chi connectivity index (χ3n) is 1.53. The van der Waals surface area contributed by atoms with Crippen molar-refractivity contribution in [2.45, 2.75) is 31.9 Å². The maximum absolute atomic E-state index is 5.65. The van der Waals surface area contributed by atoms with Crippen LogP contribution in [0.1, 0.15) is 19.8 Å². The monoisotopic (exact) mass is 151 g/mol. The van der Waals surface area contributed by atoms with Gasteiger partial charge in [0.2, 0.25) is 0 Å². The van der Waals surface area contributed by atoms with Gasteiger partial charge in [0.05, 0.1) is 6.10 Å². The van der Waals surface area contributed by atoms with Crippen molar-refractivity contribution in [3.05, 3.63) is 0 Å². The number of hydrogen-bond donors (Lipinski definition) is 1. The Morgan fingerprint density at radius 1 is 1.56 bits per heavy atom. The Balaban J connectivity index is 0.000000640. The van der Waals surface area contributed by atoms with E-state index < -0.39 is 0 Å². The van der Waals surface area contributed by atoms with Crippen LogP contribution < -0.4 is 5.73 Å². The zero-order valence-corrected chi connectivity index (χ0v) is 6.49. The van der Waals surface area contributed by atoms with E-state index in [4.69, 9.17) is 10.5 Å². The highest BCUT2D eigenvalue weighted by molar-refractivity contribution is 5.85. The molecule has 0 radical (unpaired) electrons. The van der Waals surface area contributed by atoms with Crippen molar-refractivity contribution in [1.29, 1.82) is 0 Å². The summed E-state index contributed by atoms with van der Waals surface area (Å²) >= 11 is 0. The fraction of sp³-hybridized carbons (Fsp3) is 1.00. The number of halogens is 1. The van der Waals surface area contributed by atoms with Gasteiger partial charge in [-0.05, 0) is 19.8 Å². The van der Waals surface area contributed by atoms with Crippen molar-refractivity contribution in [1.82, 2.24) is 0 Å². The number of ether oxygens (including phenoxy) is 1. The molecule has 0 saturated carbocycles. The maximum atomic E-state index is 5.65. The summed E-state index contributed by atoms with van der Waals surface area (Å²) in [5.41, 5.74) is 5.65. The van der Waals surface area contributed by atoms with E-state index >= 15 is 0 Å². The molecule has 56 valence electrons. The summed E-state index contributed by atoms with van der Waals surface area (Å²) in [4.78, 5) is 0. The van der Waals surface area contributed by atoms with Crippen LogP contribution in [0.25, 0.3) is 0 Å². The largest absolute Gasteiger partial charge is 0.378 e. The molecular weight excluding hydrogens is 138 g/mol. The molecule has 0 spiro atoms.